The Balaban J connectivity index is 1.49. The van der Waals surface area contributed by atoms with Crippen LogP contribution in [0, 0.1) is 0 Å². The van der Waals surface area contributed by atoms with Gasteiger partial charge in [-0.2, -0.15) is 5.10 Å². The number of H-pyrrole nitrogens is 1. The number of nitrogens with two attached hydrogens (primary N) is 1. The van der Waals surface area contributed by atoms with E-state index in [0.29, 0.717) is 57.8 Å². The van der Waals surface area contributed by atoms with Gasteiger partial charge in [-0.1, -0.05) is 23.2 Å². The van der Waals surface area contributed by atoms with Crippen molar-refractivity contribution < 1.29 is 14.3 Å². The quantitative estimate of drug-likeness (QED) is 0.256. The van der Waals surface area contributed by atoms with Crippen LogP contribution in [0.2, 0.25) is 10.0 Å². The lowest BCUT2D eigenvalue weighted by atomic mass is 10.1. The summed E-state index contributed by atoms with van der Waals surface area (Å²) >= 11 is 12.9. The number of anilines is 1. The van der Waals surface area contributed by atoms with Crippen molar-refractivity contribution in [2.45, 2.75) is 51.8 Å². The fourth-order valence-electron chi connectivity index (χ4n) is 3.53. The third kappa shape index (κ3) is 6.64. The van der Waals surface area contributed by atoms with Crippen LogP contribution in [0.5, 0.6) is 5.75 Å². The minimum atomic E-state index is -0.656. The number of hydrogen-bond acceptors (Lipinski definition) is 9. The summed E-state index contributed by atoms with van der Waals surface area (Å²) in [6, 6.07) is 3.18. The molecule has 0 bridgehead atoms. The summed E-state index contributed by atoms with van der Waals surface area (Å²) in [7, 11) is 0. The molecular formula is C23H27Cl2N9O3. The number of fused-ring (bicyclic) bond motifs is 1. The molecule has 0 spiro atoms. The van der Waals surface area contributed by atoms with Crippen LogP contribution in [0.25, 0.3) is 11.2 Å². The summed E-state index contributed by atoms with van der Waals surface area (Å²) in [5.41, 5.74) is 7.01. The van der Waals surface area contributed by atoms with Gasteiger partial charge in [0.25, 0.3) is 0 Å². The molecule has 0 saturated carbocycles. The number of aromatic amines is 1. The number of nitrogens with zero attached hydrogens (tertiary/aromatic N) is 6. The van der Waals surface area contributed by atoms with Crippen LogP contribution in [0.3, 0.4) is 0 Å². The normalized spacial score (nSPS) is 12.5. The fraction of sp³-hybridized carbons (Fsp3) is 0.391. The lowest BCUT2D eigenvalue weighted by molar-refractivity contribution is 0.0635. The summed E-state index contributed by atoms with van der Waals surface area (Å²) in [5.74, 6) is 1.44. The minimum absolute atomic E-state index is 0.231. The number of carbonyl (C=O) groups is 1. The predicted molar refractivity (Wildman–Crippen MR) is 139 cm³/mol. The highest BCUT2D eigenvalue weighted by Crippen LogP contribution is 2.34. The zero-order chi connectivity index (χ0) is 26.6. The molecule has 3 heterocycles. The van der Waals surface area contributed by atoms with E-state index < -0.39 is 11.7 Å². The molecule has 4 aromatic rings. The molecule has 4 rings (SSSR count). The Morgan fingerprint density at radius 2 is 2.00 bits per heavy atom. The van der Waals surface area contributed by atoms with Gasteiger partial charge in [-0.15, -0.1) is 0 Å². The molecule has 0 aliphatic carbocycles. The molecule has 14 heteroatoms. The molecule has 4 N–H and O–H groups in total. The van der Waals surface area contributed by atoms with Gasteiger partial charge in [0.1, 0.15) is 29.8 Å². The van der Waals surface area contributed by atoms with Crippen molar-refractivity contribution in [2.24, 2.45) is 5.73 Å². The lowest BCUT2D eigenvalue weighted by Crippen LogP contribution is -2.27. The third-order valence-electron chi connectivity index (χ3n) is 5.20. The SMILES string of the molecule is CC(C)(C)OC(=O)Nc1ncnc2c1ncn2Cc1c(OCCC[C@@H](N)c2ncn[nH]2)ccc(Cl)c1Cl. The molecule has 196 valence electrons. The molecule has 0 aliphatic rings. The van der Waals surface area contributed by atoms with Crippen LogP contribution in [-0.4, -0.2) is 53.0 Å². The average Bonchev–Trinajstić information content (AvgIpc) is 3.51. The Hall–Kier alpha value is -3.48. The van der Waals surface area contributed by atoms with Gasteiger partial charge in [0.05, 0.1) is 35.6 Å². The Bertz CT molecular complexity index is 1370. The van der Waals surface area contributed by atoms with Crippen molar-refractivity contribution in [3.8, 4) is 5.75 Å². The Morgan fingerprint density at radius 3 is 2.73 bits per heavy atom. The van der Waals surface area contributed by atoms with Gasteiger partial charge in [0.15, 0.2) is 17.0 Å². The van der Waals surface area contributed by atoms with Crippen molar-refractivity contribution >= 4 is 46.3 Å². The van der Waals surface area contributed by atoms with Crippen molar-refractivity contribution in [3.63, 3.8) is 0 Å². The van der Waals surface area contributed by atoms with Gasteiger partial charge in [-0.3, -0.25) is 10.4 Å². The number of ether oxygens (including phenoxy) is 2. The van der Waals surface area contributed by atoms with Crippen LogP contribution >= 0.6 is 23.2 Å². The topological polar surface area (TPSA) is 159 Å². The van der Waals surface area contributed by atoms with E-state index in [9.17, 15) is 4.79 Å². The molecule has 0 aliphatic heterocycles. The summed E-state index contributed by atoms with van der Waals surface area (Å²) in [6.07, 6.45) is 5.04. The Labute approximate surface area is 222 Å². The van der Waals surface area contributed by atoms with E-state index >= 15 is 0 Å². The molecule has 0 unspecified atom stereocenters. The number of aromatic nitrogens is 7. The molecule has 0 radical (unpaired) electrons. The van der Waals surface area contributed by atoms with E-state index in [-0.39, 0.29) is 18.4 Å². The van der Waals surface area contributed by atoms with Gasteiger partial charge >= 0.3 is 6.09 Å². The zero-order valence-electron chi connectivity index (χ0n) is 20.5. The first-order valence-electron chi connectivity index (χ1n) is 11.5. The number of nitrogens with one attached hydrogen (secondary N) is 2. The Morgan fingerprint density at radius 1 is 1.19 bits per heavy atom. The maximum Gasteiger partial charge on any atom is 0.413 e. The van der Waals surface area contributed by atoms with E-state index in [2.05, 4.69) is 35.5 Å². The van der Waals surface area contributed by atoms with Crippen molar-refractivity contribution in [1.29, 1.82) is 0 Å². The number of rotatable bonds is 9. The maximum absolute atomic E-state index is 12.2. The van der Waals surface area contributed by atoms with Crippen LogP contribution in [0.4, 0.5) is 10.6 Å². The Kier molecular flexibility index (Phi) is 8.10. The molecular weight excluding hydrogens is 521 g/mol. The van der Waals surface area contributed by atoms with Crippen LogP contribution in [0.15, 0.2) is 31.1 Å². The van der Waals surface area contributed by atoms with E-state index in [4.69, 9.17) is 38.4 Å². The number of benzene rings is 1. The maximum atomic E-state index is 12.2. The van der Waals surface area contributed by atoms with E-state index in [1.54, 1.807) is 43.8 Å². The predicted octanol–water partition coefficient (Wildman–Crippen LogP) is 4.51. The van der Waals surface area contributed by atoms with Gasteiger partial charge in [-0.25, -0.2) is 24.7 Å². The third-order valence-corrected chi connectivity index (χ3v) is 6.05. The largest absolute Gasteiger partial charge is 0.493 e. The fourth-order valence-corrected chi connectivity index (χ4v) is 3.92. The molecule has 3 aromatic heterocycles. The van der Waals surface area contributed by atoms with Crippen LogP contribution in [0.1, 0.15) is 51.0 Å². The van der Waals surface area contributed by atoms with Gasteiger partial charge in [-0.05, 0) is 45.7 Å². The molecule has 37 heavy (non-hydrogen) atoms. The minimum Gasteiger partial charge on any atom is -0.493 e. The van der Waals surface area contributed by atoms with Crippen molar-refractivity contribution in [2.75, 3.05) is 11.9 Å². The molecule has 1 atom stereocenters. The summed E-state index contributed by atoms with van der Waals surface area (Å²) in [4.78, 5) is 29.2. The smallest absolute Gasteiger partial charge is 0.413 e. The van der Waals surface area contributed by atoms with Crippen LogP contribution in [-0.2, 0) is 11.3 Å². The van der Waals surface area contributed by atoms with Gasteiger partial charge in [0, 0.05) is 5.56 Å². The van der Waals surface area contributed by atoms with E-state index in [1.807, 2.05) is 0 Å². The second-order valence-corrected chi connectivity index (χ2v) is 9.98. The number of imidazole rings is 1. The highest BCUT2D eigenvalue weighted by Gasteiger charge is 2.20. The number of halogens is 2. The lowest BCUT2D eigenvalue weighted by Gasteiger charge is -2.19. The molecule has 0 fully saturated rings. The number of amides is 1. The number of carbonyl (C=O) groups excluding carboxylic acids is 1. The first-order chi connectivity index (χ1) is 17.6. The molecule has 1 aromatic carbocycles. The standard InChI is InChI=1S/C23H27Cl2N9O3/c1-23(2,3)37-22(35)32-20-18-21(29-10-27-20)34(12-30-18)9-13-16(7-6-14(24)17(13)25)36-8-4-5-15(26)19-28-11-31-33-19/h6-7,10-12,15H,4-5,8-9,26H2,1-3H3,(H,28,31,33)(H,27,29,32,35)/t15-/m1/s1. The van der Waals surface area contributed by atoms with Gasteiger partial charge < -0.3 is 19.8 Å². The summed E-state index contributed by atoms with van der Waals surface area (Å²) < 4.78 is 13.1. The first-order valence-corrected chi connectivity index (χ1v) is 12.2. The van der Waals surface area contributed by atoms with E-state index in [0.717, 1.165) is 0 Å². The molecule has 0 saturated heterocycles. The molecule has 12 nitrogen and oxygen atoms in total. The second-order valence-electron chi connectivity index (χ2n) is 9.20. The highest BCUT2D eigenvalue weighted by atomic mass is 35.5. The molecule has 1 amide bonds. The summed E-state index contributed by atoms with van der Waals surface area (Å²) in [6.45, 7) is 6.00. The van der Waals surface area contributed by atoms with E-state index in [1.165, 1.54) is 12.7 Å². The average molecular weight is 548 g/mol. The van der Waals surface area contributed by atoms with Crippen molar-refractivity contribution in [3.05, 3.63) is 52.5 Å². The second kappa shape index (κ2) is 11.3. The zero-order valence-corrected chi connectivity index (χ0v) is 22.0. The van der Waals surface area contributed by atoms with Crippen LogP contribution < -0.4 is 15.8 Å². The number of hydrogen-bond donors (Lipinski definition) is 3. The first kappa shape index (κ1) is 26.6. The van der Waals surface area contributed by atoms with Gasteiger partial charge in [0.2, 0.25) is 0 Å². The highest BCUT2D eigenvalue weighted by molar-refractivity contribution is 6.42. The van der Waals surface area contributed by atoms with Crippen molar-refractivity contribution in [1.82, 2.24) is 34.7 Å². The monoisotopic (exact) mass is 547 g/mol. The summed E-state index contributed by atoms with van der Waals surface area (Å²) in [5, 5.41) is 9.97.